The lowest BCUT2D eigenvalue weighted by Gasteiger charge is -2.16. The number of halogens is 2. The summed E-state index contributed by atoms with van der Waals surface area (Å²) in [6, 6.07) is 6.99. The lowest BCUT2D eigenvalue weighted by Crippen LogP contribution is -2.32. The molecule has 19 heavy (non-hydrogen) atoms. The summed E-state index contributed by atoms with van der Waals surface area (Å²) < 4.78 is 0. The van der Waals surface area contributed by atoms with Gasteiger partial charge in [0.2, 0.25) is 0 Å². The van der Waals surface area contributed by atoms with Crippen LogP contribution in [0.2, 0.25) is 0 Å². The van der Waals surface area contributed by atoms with Gasteiger partial charge in [0.15, 0.2) is 0 Å². The highest BCUT2D eigenvalue weighted by molar-refractivity contribution is 6.18. The number of benzene rings is 1. The van der Waals surface area contributed by atoms with Crippen molar-refractivity contribution in [3.63, 3.8) is 0 Å². The summed E-state index contributed by atoms with van der Waals surface area (Å²) in [4.78, 5) is 10.8. The molecule has 0 radical (unpaired) electrons. The van der Waals surface area contributed by atoms with E-state index < -0.39 is 12.0 Å². The minimum absolute atomic E-state index is 0.316. The predicted octanol–water partition coefficient (Wildman–Crippen LogP) is 2.98. The molecule has 0 amide bonds. The van der Waals surface area contributed by atoms with Gasteiger partial charge in [0.25, 0.3) is 0 Å². The second-order valence-corrected chi connectivity index (χ2v) is 5.30. The highest BCUT2D eigenvalue weighted by atomic mass is 35.5. The molecule has 1 aromatic rings. The van der Waals surface area contributed by atoms with E-state index in [1.165, 1.54) is 0 Å². The van der Waals surface area contributed by atoms with Crippen LogP contribution in [-0.2, 0) is 11.2 Å². The summed E-state index contributed by atoms with van der Waals surface area (Å²) in [5.74, 6) is 0.500. The lowest BCUT2D eigenvalue weighted by molar-refractivity contribution is -0.138. The second-order valence-electron chi connectivity index (χ2n) is 4.55. The molecule has 0 fully saturated rings. The number of hydrogen-bond acceptors (Lipinski definition) is 2. The maximum Gasteiger partial charge on any atom is 0.320 e. The zero-order chi connectivity index (χ0) is 14.3. The molecule has 1 rings (SSSR count). The van der Waals surface area contributed by atoms with Crippen LogP contribution in [0.5, 0.6) is 0 Å². The van der Waals surface area contributed by atoms with E-state index >= 15 is 0 Å². The predicted molar refractivity (Wildman–Crippen MR) is 79.2 cm³/mol. The molecule has 0 aliphatic carbocycles. The van der Waals surface area contributed by atoms with Crippen molar-refractivity contribution in [1.29, 1.82) is 0 Å². The summed E-state index contributed by atoms with van der Waals surface area (Å²) in [6.07, 6.45) is 2.06. The van der Waals surface area contributed by atoms with Crippen LogP contribution < -0.4 is 5.73 Å². The van der Waals surface area contributed by atoms with Crippen molar-refractivity contribution in [2.75, 3.05) is 11.8 Å². The number of carboxylic acids is 1. The van der Waals surface area contributed by atoms with Crippen LogP contribution >= 0.6 is 23.2 Å². The van der Waals surface area contributed by atoms with Crippen molar-refractivity contribution in [3.8, 4) is 0 Å². The lowest BCUT2D eigenvalue weighted by atomic mass is 9.91. The number of rotatable bonds is 8. The van der Waals surface area contributed by atoms with Gasteiger partial charge in [-0.15, -0.1) is 23.2 Å². The molecule has 1 aromatic carbocycles. The van der Waals surface area contributed by atoms with Crippen LogP contribution in [0.1, 0.15) is 29.9 Å². The third-order valence-corrected chi connectivity index (χ3v) is 3.55. The number of carbonyl (C=O) groups is 1. The van der Waals surface area contributed by atoms with Gasteiger partial charge in [-0.1, -0.05) is 24.3 Å². The van der Waals surface area contributed by atoms with Crippen LogP contribution in [0.3, 0.4) is 0 Å². The molecule has 0 saturated carbocycles. The van der Waals surface area contributed by atoms with Gasteiger partial charge in [0.1, 0.15) is 6.04 Å². The van der Waals surface area contributed by atoms with Crippen molar-refractivity contribution in [2.45, 2.75) is 31.2 Å². The van der Waals surface area contributed by atoms with Crippen molar-refractivity contribution in [1.82, 2.24) is 0 Å². The molecule has 106 valence electrons. The topological polar surface area (TPSA) is 63.3 Å². The normalized spacial score (nSPS) is 12.6. The van der Waals surface area contributed by atoms with E-state index in [1.807, 2.05) is 24.3 Å². The number of alkyl halides is 2. The zero-order valence-electron chi connectivity index (χ0n) is 10.7. The molecule has 0 heterocycles. The Morgan fingerprint density at radius 3 is 2.42 bits per heavy atom. The Labute approximate surface area is 123 Å². The number of carboxylic acid groups (broad SMARTS) is 1. The molecule has 3 nitrogen and oxygen atoms in total. The molecule has 0 unspecified atom stereocenters. The summed E-state index contributed by atoms with van der Waals surface area (Å²) >= 11 is 11.6. The Hall–Kier alpha value is -0.770. The Morgan fingerprint density at radius 2 is 1.89 bits per heavy atom. The average molecular weight is 304 g/mol. The summed E-state index contributed by atoms with van der Waals surface area (Å²) in [5.41, 5.74) is 7.63. The molecule has 0 aliphatic rings. The highest BCUT2D eigenvalue weighted by Gasteiger charge is 2.14. The fraction of sp³-hybridized carbons (Fsp3) is 0.500. The maximum atomic E-state index is 10.8. The van der Waals surface area contributed by atoms with E-state index in [0.29, 0.717) is 24.1 Å². The quantitative estimate of drug-likeness (QED) is 0.726. The maximum absolute atomic E-state index is 10.8. The molecule has 0 aliphatic heterocycles. The third kappa shape index (κ3) is 5.39. The van der Waals surface area contributed by atoms with Crippen molar-refractivity contribution >= 4 is 29.2 Å². The fourth-order valence-electron chi connectivity index (χ4n) is 2.06. The smallest absolute Gasteiger partial charge is 0.320 e. The van der Waals surface area contributed by atoms with Crippen molar-refractivity contribution in [2.24, 2.45) is 5.73 Å². The van der Waals surface area contributed by atoms with Crippen LogP contribution in [-0.4, -0.2) is 28.9 Å². The minimum atomic E-state index is -0.983. The van der Waals surface area contributed by atoms with Gasteiger partial charge in [0, 0.05) is 11.8 Å². The van der Waals surface area contributed by atoms with Crippen molar-refractivity contribution in [3.05, 3.63) is 35.4 Å². The Morgan fingerprint density at radius 1 is 1.26 bits per heavy atom. The second kappa shape index (κ2) is 8.41. The summed E-state index contributed by atoms with van der Waals surface area (Å²) in [5, 5.41) is 8.83. The number of aliphatic carboxylic acids is 1. The van der Waals surface area contributed by atoms with Gasteiger partial charge in [-0.3, -0.25) is 4.79 Å². The molecule has 1 atom stereocenters. The van der Waals surface area contributed by atoms with E-state index in [9.17, 15) is 4.79 Å². The van der Waals surface area contributed by atoms with Crippen molar-refractivity contribution < 1.29 is 9.90 Å². The van der Waals surface area contributed by atoms with E-state index in [4.69, 9.17) is 34.0 Å². The molecular weight excluding hydrogens is 285 g/mol. The summed E-state index contributed by atoms with van der Waals surface area (Å²) in [6.45, 7) is 0. The van der Waals surface area contributed by atoms with Gasteiger partial charge in [-0.05, 0) is 36.3 Å². The third-order valence-electron chi connectivity index (χ3n) is 3.11. The van der Waals surface area contributed by atoms with Crippen LogP contribution in [0.15, 0.2) is 24.3 Å². The summed E-state index contributed by atoms with van der Waals surface area (Å²) in [7, 11) is 0. The molecule has 0 aromatic heterocycles. The molecule has 0 spiro atoms. The van der Waals surface area contributed by atoms with Crippen LogP contribution in [0.25, 0.3) is 0 Å². The van der Waals surface area contributed by atoms with E-state index in [2.05, 4.69) is 0 Å². The first-order chi connectivity index (χ1) is 9.08. The standard InChI is InChI=1S/C14H19Cl2NO2/c15-6-4-11(5-7-16)12-3-1-2-10(8-12)9-13(17)14(18)19/h1-3,8,11,13H,4-7,9,17H2,(H,18,19)/t13-/m0/s1. The first-order valence-electron chi connectivity index (χ1n) is 6.27. The van der Waals surface area contributed by atoms with E-state index in [-0.39, 0.29) is 0 Å². The molecule has 5 heteroatoms. The molecular formula is C14H19Cl2NO2. The Kier molecular flexibility index (Phi) is 7.21. The fourth-order valence-corrected chi connectivity index (χ4v) is 2.58. The molecule has 0 bridgehead atoms. The zero-order valence-corrected chi connectivity index (χ0v) is 12.2. The van der Waals surface area contributed by atoms with E-state index in [0.717, 1.165) is 24.0 Å². The van der Waals surface area contributed by atoms with Crippen LogP contribution in [0.4, 0.5) is 0 Å². The number of nitrogens with two attached hydrogens (primary N) is 1. The Bertz CT molecular complexity index is 406. The van der Waals surface area contributed by atoms with Gasteiger partial charge in [-0.2, -0.15) is 0 Å². The SMILES string of the molecule is N[C@@H](Cc1cccc(C(CCCl)CCCl)c1)C(=O)O. The average Bonchev–Trinajstić information content (AvgIpc) is 2.38. The largest absolute Gasteiger partial charge is 0.480 e. The molecule has 3 N–H and O–H groups in total. The monoisotopic (exact) mass is 303 g/mol. The van der Waals surface area contributed by atoms with Gasteiger partial charge >= 0.3 is 5.97 Å². The van der Waals surface area contributed by atoms with Gasteiger partial charge < -0.3 is 10.8 Å². The van der Waals surface area contributed by atoms with Gasteiger partial charge in [-0.25, -0.2) is 0 Å². The minimum Gasteiger partial charge on any atom is -0.480 e. The molecule has 0 saturated heterocycles. The van der Waals surface area contributed by atoms with Gasteiger partial charge in [0.05, 0.1) is 0 Å². The first kappa shape index (κ1) is 16.3. The first-order valence-corrected chi connectivity index (χ1v) is 7.34. The highest BCUT2D eigenvalue weighted by Crippen LogP contribution is 2.25. The number of hydrogen-bond donors (Lipinski definition) is 2. The van der Waals surface area contributed by atoms with Crippen LogP contribution in [0, 0.1) is 0 Å². The van der Waals surface area contributed by atoms with E-state index in [1.54, 1.807) is 0 Å². The Balaban J connectivity index is 2.82.